The molecule has 0 saturated carbocycles. The summed E-state index contributed by atoms with van der Waals surface area (Å²) in [5.74, 6) is -0.922. The van der Waals surface area contributed by atoms with Crippen LogP contribution in [0.2, 0.25) is 0 Å². The third-order valence-corrected chi connectivity index (χ3v) is 3.78. The Morgan fingerprint density at radius 1 is 1.00 bits per heavy atom. The summed E-state index contributed by atoms with van der Waals surface area (Å²) in [5, 5.41) is 0. The predicted octanol–water partition coefficient (Wildman–Crippen LogP) is 3.91. The fraction of sp³-hybridized carbons (Fsp3) is 0.263. The summed E-state index contributed by atoms with van der Waals surface area (Å²) in [6.07, 6.45) is -4.47. The first-order valence-corrected chi connectivity index (χ1v) is 7.88. The van der Waals surface area contributed by atoms with Crippen LogP contribution in [0.25, 0.3) is 0 Å². The van der Waals surface area contributed by atoms with Crippen molar-refractivity contribution in [3.8, 4) is 0 Å². The van der Waals surface area contributed by atoms with Crippen molar-refractivity contribution in [2.24, 2.45) is 0 Å². The molecular weight excluding hydrogens is 347 g/mol. The highest BCUT2D eigenvalue weighted by Crippen LogP contribution is 2.29. The van der Waals surface area contributed by atoms with Crippen LogP contribution in [0.5, 0.6) is 0 Å². The third kappa shape index (κ3) is 5.34. The molecule has 138 valence electrons. The number of hydrogen-bond donors (Lipinski definition) is 0. The van der Waals surface area contributed by atoms with Gasteiger partial charge in [-0.15, -0.1) is 0 Å². The lowest BCUT2D eigenvalue weighted by molar-refractivity contribution is -0.141. The second-order valence-electron chi connectivity index (χ2n) is 5.61. The molecule has 26 heavy (non-hydrogen) atoms. The van der Waals surface area contributed by atoms with Gasteiger partial charge in [-0.1, -0.05) is 30.3 Å². The van der Waals surface area contributed by atoms with E-state index in [1.807, 2.05) is 30.3 Å². The number of benzene rings is 2. The Balaban J connectivity index is 2.19. The van der Waals surface area contributed by atoms with E-state index in [1.165, 1.54) is 12.0 Å². The molecule has 7 heteroatoms. The Morgan fingerprint density at radius 2 is 1.62 bits per heavy atom. The van der Waals surface area contributed by atoms with Crippen LogP contribution in [0, 0.1) is 0 Å². The van der Waals surface area contributed by atoms with Crippen LogP contribution in [-0.2, 0) is 22.3 Å². The number of carbonyl (C=O) groups is 2. The van der Waals surface area contributed by atoms with Crippen LogP contribution < -0.4 is 0 Å². The van der Waals surface area contributed by atoms with E-state index in [1.54, 1.807) is 0 Å². The number of nitrogens with zero attached hydrogens (tertiary/aromatic N) is 1. The number of methoxy groups -OCH3 is 1. The maximum atomic E-state index is 12.7. The number of halogens is 3. The van der Waals surface area contributed by atoms with Gasteiger partial charge >= 0.3 is 12.1 Å². The Kier molecular flexibility index (Phi) is 6.38. The molecule has 2 aromatic rings. The molecule has 0 aromatic heterocycles. The van der Waals surface area contributed by atoms with Crippen molar-refractivity contribution in [3.05, 3.63) is 71.3 Å². The van der Waals surface area contributed by atoms with Crippen LogP contribution in [-0.4, -0.2) is 30.4 Å². The highest BCUT2D eigenvalue weighted by Gasteiger charge is 2.30. The molecule has 0 aliphatic heterocycles. The average molecular weight is 365 g/mol. The second-order valence-corrected chi connectivity index (χ2v) is 5.61. The zero-order valence-electron chi connectivity index (χ0n) is 14.1. The minimum absolute atomic E-state index is 0.00426. The molecule has 0 radical (unpaired) electrons. The summed E-state index contributed by atoms with van der Waals surface area (Å²) >= 11 is 0. The third-order valence-electron chi connectivity index (χ3n) is 3.78. The van der Waals surface area contributed by atoms with Gasteiger partial charge in [-0.05, 0) is 29.8 Å². The topological polar surface area (TPSA) is 46.6 Å². The first kappa shape index (κ1) is 19.5. The molecule has 2 aromatic carbocycles. The molecule has 1 amide bonds. The molecule has 0 fully saturated rings. The molecule has 0 aliphatic rings. The fourth-order valence-corrected chi connectivity index (χ4v) is 2.37. The van der Waals surface area contributed by atoms with E-state index in [9.17, 15) is 22.8 Å². The van der Waals surface area contributed by atoms with Crippen molar-refractivity contribution in [2.45, 2.75) is 19.1 Å². The van der Waals surface area contributed by atoms with Gasteiger partial charge < -0.3 is 9.64 Å². The SMILES string of the molecule is COC(=O)CCN(Cc1ccccc1)C(=O)c1ccc(C(F)(F)F)cc1. The van der Waals surface area contributed by atoms with Gasteiger partial charge in [0.1, 0.15) is 0 Å². The van der Waals surface area contributed by atoms with Gasteiger partial charge in [0, 0.05) is 18.7 Å². The van der Waals surface area contributed by atoms with Crippen molar-refractivity contribution in [2.75, 3.05) is 13.7 Å². The van der Waals surface area contributed by atoms with Gasteiger partial charge in [-0.25, -0.2) is 0 Å². The lowest BCUT2D eigenvalue weighted by Gasteiger charge is -2.23. The normalized spacial score (nSPS) is 11.1. The van der Waals surface area contributed by atoms with Crippen molar-refractivity contribution in [1.82, 2.24) is 4.90 Å². The van der Waals surface area contributed by atoms with Crippen LogP contribution in [0.1, 0.15) is 27.9 Å². The number of ether oxygens (including phenoxy) is 1. The summed E-state index contributed by atoms with van der Waals surface area (Å²) in [5.41, 5.74) is 0.148. The summed E-state index contributed by atoms with van der Waals surface area (Å²) in [4.78, 5) is 25.5. The van der Waals surface area contributed by atoms with Gasteiger partial charge in [0.25, 0.3) is 5.91 Å². The summed E-state index contributed by atoms with van der Waals surface area (Å²) in [6, 6.07) is 13.1. The van der Waals surface area contributed by atoms with Crippen molar-refractivity contribution in [1.29, 1.82) is 0 Å². The fourth-order valence-electron chi connectivity index (χ4n) is 2.37. The van der Waals surface area contributed by atoms with E-state index < -0.39 is 23.6 Å². The molecular formula is C19H18F3NO3. The zero-order chi connectivity index (χ0) is 19.2. The van der Waals surface area contributed by atoms with E-state index in [2.05, 4.69) is 4.74 Å². The van der Waals surface area contributed by atoms with E-state index in [0.717, 1.165) is 29.8 Å². The molecule has 2 rings (SSSR count). The van der Waals surface area contributed by atoms with E-state index in [4.69, 9.17) is 0 Å². The van der Waals surface area contributed by atoms with Crippen molar-refractivity contribution < 1.29 is 27.5 Å². The molecule has 0 N–H and O–H groups in total. The number of hydrogen-bond acceptors (Lipinski definition) is 3. The Bertz CT molecular complexity index is 743. The molecule has 4 nitrogen and oxygen atoms in total. The summed E-state index contributed by atoms with van der Waals surface area (Å²) in [6.45, 7) is 0.332. The van der Waals surface area contributed by atoms with Gasteiger partial charge in [0.05, 0.1) is 19.1 Å². The maximum absolute atomic E-state index is 12.7. The van der Waals surface area contributed by atoms with Crippen molar-refractivity contribution >= 4 is 11.9 Å². The molecule has 0 atom stereocenters. The highest BCUT2D eigenvalue weighted by atomic mass is 19.4. The number of carbonyl (C=O) groups excluding carboxylic acids is 2. The highest BCUT2D eigenvalue weighted by molar-refractivity contribution is 5.94. The minimum atomic E-state index is -4.46. The van der Waals surface area contributed by atoms with Crippen LogP contribution in [0.3, 0.4) is 0 Å². The van der Waals surface area contributed by atoms with Gasteiger partial charge in [0.15, 0.2) is 0 Å². The second kappa shape index (κ2) is 8.51. The molecule has 0 saturated heterocycles. The average Bonchev–Trinajstić information content (AvgIpc) is 2.64. The quantitative estimate of drug-likeness (QED) is 0.729. The summed E-state index contributed by atoms with van der Waals surface area (Å²) in [7, 11) is 1.25. The van der Waals surface area contributed by atoms with Gasteiger partial charge in [-0.2, -0.15) is 13.2 Å². The van der Waals surface area contributed by atoms with Crippen molar-refractivity contribution in [3.63, 3.8) is 0 Å². The Hall–Kier alpha value is -2.83. The number of alkyl halides is 3. The number of rotatable bonds is 6. The molecule has 0 aliphatic carbocycles. The predicted molar refractivity (Wildman–Crippen MR) is 89.3 cm³/mol. The van der Waals surface area contributed by atoms with Gasteiger partial charge in [0.2, 0.25) is 0 Å². The zero-order valence-corrected chi connectivity index (χ0v) is 14.1. The Morgan fingerprint density at radius 3 is 2.15 bits per heavy atom. The molecule has 0 bridgehead atoms. The van der Waals surface area contributed by atoms with Crippen LogP contribution in [0.15, 0.2) is 54.6 Å². The van der Waals surface area contributed by atoms with Gasteiger partial charge in [-0.3, -0.25) is 9.59 Å². The largest absolute Gasteiger partial charge is 0.469 e. The van der Waals surface area contributed by atoms with E-state index in [-0.39, 0.29) is 25.1 Å². The lowest BCUT2D eigenvalue weighted by atomic mass is 10.1. The molecule has 0 heterocycles. The lowest BCUT2D eigenvalue weighted by Crippen LogP contribution is -2.32. The number of esters is 1. The first-order valence-electron chi connectivity index (χ1n) is 7.88. The van der Waals surface area contributed by atoms with E-state index in [0.29, 0.717) is 0 Å². The van der Waals surface area contributed by atoms with E-state index >= 15 is 0 Å². The Labute approximate surface area is 149 Å². The minimum Gasteiger partial charge on any atom is -0.469 e. The number of amides is 1. The van der Waals surface area contributed by atoms with Crippen LogP contribution in [0.4, 0.5) is 13.2 Å². The standard InChI is InChI=1S/C19H18F3NO3/c1-26-17(24)11-12-23(13-14-5-3-2-4-6-14)18(25)15-7-9-16(10-8-15)19(20,21)22/h2-10H,11-13H2,1H3. The van der Waals surface area contributed by atoms with Crippen LogP contribution >= 0.6 is 0 Å². The first-order chi connectivity index (χ1) is 12.3. The summed E-state index contributed by atoms with van der Waals surface area (Å²) < 4.78 is 42.6. The monoisotopic (exact) mass is 365 g/mol. The smallest absolute Gasteiger partial charge is 0.416 e. The molecule has 0 spiro atoms. The molecule has 0 unspecified atom stereocenters. The maximum Gasteiger partial charge on any atom is 0.416 e.